The standard InChI is InChI=1S/C11H9F2N3O/c12-11(13)9-4-10(17)16(7-15-9)6-8-2-1-3-14-5-8/h1-5,7,11H,6H2. The van der Waals surface area contributed by atoms with E-state index in [2.05, 4.69) is 9.97 Å². The lowest BCUT2D eigenvalue weighted by Crippen LogP contribution is -2.21. The summed E-state index contributed by atoms with van der Waals surface area (Å²) in [6.45, 7) is 0.267. The number of nitrogens with zero attached hydrogens (tertiary/aromatic N) is 3. The van der Waals surface area contributed by atoms with Gasteiger partial charge < -0.3 is 0 Å². The second kappa shape index (κ2) is 4.82. The predicted octanol–water partition coefficient (Wildman–Crippen LogP) is 1.62. The van der Waals surface area contributed by atoms with Crippen LogP contribution in [0.5, 0.6) is 0 Å². The molecule has 0 saturated carbocycles. The second-order valence-corrected chi connectivity index (χ2v) is 3.44. The third kappa shape index (κ3) is 2.72. The van der Waals surface area contributed by atoms with Gasteiger partial charge in [0.15, 0.2) is 0 Å². The van der Waals surface area contributed by atoms with Crippen molar-refractivity contribution in [2.24, 2.45) is 0 Å². The smallest absolute Gasteiger partial charge is 0.280 e. The average molecular weight is 237 g/mol. The van der Waals surface area contributed by atoms with Gasteiger partial charge in [-0.25, -0.2) is 13.8 Å². The Morgan fingerprint density at radius 3 is 2.82 bits per heavy atom. The van der Waals surface area contributed by atoms with Crippen molar-refractivity contribution in [1.82, 2.24) is 14.5 Å². The lowest BCUT2D eigenvalue weighted by atomic mass is 10.3. The van der Waals surface area contributed by atoms with E-state index in [-0.39, 0.29) is 6.54 Å². The van der Waals surface area contributed by atoms with E-state index in [1.54, 1.807) is 24.5 Å². The van der Waals surface area contributed by atoms with Crippen molar-refractivity contribution in [2.75, 3.05) is 0 Å². The number of pyridine rings is 1. The molecule has 2 aromatic heterocycles. The molecule has 17 heavy (non-hydrogen) atoms. The lowest BCUT2D eigenvalue weighted by molar-refractivity contribution is 0.145. The molecular formula is C11H9F2N3O. The molecular weight excluding hydrogens is 228 g/mol. The van der Waals surface area contributed by atoms with Gasteiger partial charge in [-0.15, -0.1) is 0 Å². The maximum Gasteiger partial charge on any atom is 0.280 e. The number of halogens is 2. The van der Waals surface area contributed by atoms with Crippen LogP contribution in [-0.2, 0) is 6.54 Å². The van der Waals surface area contributed by atoms with Crippen LogP contribution in [0.15, 0.2) is 41.7 Å². The van der Waals surface area contributed by atoms with Gasteiger partial charge in [-0.2, -0.15) is 0 Å². The van der Waals surface area contributed by atoms with Crippen molar-refractivity contribution < 1.29 is 8.78 Å². The summed E-state index contributed by atoms with van der Waals surface area (Å²) in [6.07, 6.45) is 1.62. The van der Waals surface area contributed by atoms with Crippen molar-refractivity contribution in [3.8, 4) is 0 Å². The first kappa shape index (κ1) is 11.4. The first-order valence-electron chi connectivity index (χ1n) is 4.90. The number of hydrogen-bond acceptors (Lipinski definition) is 3. The molecule has 0 saturated heterocycles. The molecule has 0 aromatic carbocycles. The van der Waals surface area contributed by atoms with Gasteiger partial charge in [0, 0.05) is 18.5 Å². The van der Waals surface area contributed by atoms with Crippen LogP contribution < -0.4 is 5.56 Å². The number of aromatic nitrogens is 3. The van der Waals surface area contributed by atoms with Crippen molar-refractivity contribution in [1.29, 1.82) is 0 Å². The van der Waals surface area contributed by atoms with Crippen molar-refractivity contribution in [3.05, 3.63) is 58.5 Å². The summed E-state index contributed by atoms with van der Waals surface area (Å²) in [6, 6.07) is 4.38. The number of alkyl halides is 2. The Labute approximate surface area is 95.6 Å². The van der Waals surface area contributed by atoms with Crippen LogP contribution in [0.1, 0.15) is 17.7 Å². The van der Waals surface area contributed by atoms with E-state index in [1.165, 1.54) is 4.57 Å². The monoisotopic (exact) mass is 237 g/mol. The molecule has 2 heterocycles. The van der Waals surface area contributed by atoms with Gasteiger partial charge in [-0.3, -0.25) is 14.3 Å². The molecule has 2 aromatic rings. The zero-order valence-corrected chi connectivity index (χ0v) is 8.75. The Morgan fingerprint density at radius 1 is 1.41 bits per heavy atom. The number of hydrogen-bond donors (Lipinski definition) is 0. The Balaban J connectivity index is 2.26. The molecule has 2 rings (SSSR count). The van der Waals surface area contributed by atoms with Crippen molar-refractivity contribution in [2.45, 2.75) is 13.0 Å². The van der Waals surface area contributed by atoms with E-state index in [9.17, 15) is 13.6 Å². The molecule has 0 bridgehead atoms. The minimum Gasteiger partial charge on any atom is -0.295 e. The summed E-state index contributed by atoms with van der Waals surface area (Å²) < 4.78 is 25.8. The highest BCUT2D eigenvalue weighted by atomic mass is 19.3. The topological polar surface area (TPSA) is 47.8 Å². The highest BCUT2D eigenvalue weighted by molar-refractivity contribution is 5.10. The minimum atomic E-state index is -2.73. The molecule has 0 atom stereocenters. The molecule has 6 heteroatoms. The van der Waals surface area contributed by atoms with Crippen LogP contribution in [0.4, 0.5) is 8.78 Å². The Kier molecular flexibility index (Phi) is 3.22. The van der Waals surface area contributed by atoms with Gasteiger partial charge in [0.05, 0.1) is 12.9 Å². The average Bonchev–Trinajstić information content (AvgIpc) is 2.33. The summed E-state index contributed by atoms with van der Waals surface area (Å²) in [5.41, 5.74) is -0.196. The van der Waals surface area contributed by atoms with Crippen molar-refractivity contribution >= 4 is 0 Å². The SMILES string of the molecule is O=c1cc(C(F)F)ncn1Cc1cccnc1. The van der Waals surface area contributed by atoms with Crippen LogP contribution in [0.3, 0.4) is 0 Å². The molecule has 4 nitrogen and oxygen atoms in total. The molecule has 0 radical (unpaired) electrons. The lowest BCUT2D eigenvalue weighted by Gasteiger charge is -2.05. The maximum absolute atomic E-state index is 12.3. The Bertz CT molecular complexity index is 554. The summed E-state index contributed by atoms with van der Waals surface area (Å²) in [7, 11) is 0. The molecule has 0 fully saturated rings. The maximum atomic E-state index is 12.3. The van der Waals surface area contributed by atoms with Gasteiger partial charge in [0.25, 0.3) is 12.0 Å². The molecule has 0 aliphatic rings. The van der Waals surface area contributed by atoms with Gasteiger partial charge in [0.2, 0.25) is 0 Å². The fourth-order valence-corrected chi connectivity index (χ4v) is 1.37. The zero-order chi connectivity index (χ0) is 12.3. The zero-order valence-electron chi connectivity index (χ0n) is 8.75. The summed E-state index contributed by atoms with van der Waals surface area (Å²) >= 11 is 0. The number of rotatable bonds is 3. The molecule has 0 aliphatic heterocycles. The molecule has 0 amide bonds. The largest absolute Gasteiger partial charge is 0.295 e. The fraction of sp³-hybridized carbons (Fsp3) is 0.182. The first-order valence-corrected chi connectivity index (χ1v) is 4.90. The fourth-order valence-electron chi connectivity index (χ4n) is 1.37. The summed E-state index contributed by atoms with van der Waals surface area (Å²) in [5.74, 6) is 0. The van der Waals surface area contributed by atoms with E-state index in [0.717, 1.165) is 18.0 Å². The Hall–Kier alpha value is -2.11. The van der Waals surface area contributed by atoms with E-state index in [1.807, 2.05) is 0 Å². The molecule has 0 spiro atoms. The van der Waals surface area contributed by atoms with Gasteiger partial charge in [-0.05, 0) is 11.6 Å². The van der Waals surface area contributed by atoms with Gasteiger partial charge in [0.1, 0.15) is 5.69 Å². The molecule has 0 unspecified atom stereocenters. The normalized spacial score (nSPS) is 10.8. The van der Waals surface area contributed by atoms with Gasteiger partial charge in [-0.1, -0.05) is 6.07 Å². The molecule has 0 aliphatic carbocycles. The highest BCUT2D eigenvalue weighted by Gasteiger charge is 2.10. The van der Waals surface area contributed by atoms with E-state index >= 15 is 0 Å². The molecule has 0 N–H and O–H groups in total. The third-order valence-electron chi connectivity index (χ3n) is 2.20. The van der Waals surface area contributed by atoms with Crippen LogP contribution in [0.25, 0.3) is 0 Å². The van der Waals surface area contributed by atoms with Gasteiger partial charge >= 0.3 is 0 Å². The quantitative estimate of drug-likeness (QED) is 0.815. The second-order valence-electron chi connectivity index (χ2n) is 3.44. The van der Waals surface area contributed by atoms with E-state index < -0.39 is 17.7 Å². The van der Waals surface area contributed by atoms with Crippen LogP contribution in [-0.4, -0.2) is 14.5 Å². The van der Waals surface area contributed by atoms with Crippen molar-refractivity contribution in [3.63, 3.8) is 0 Å². The Morgan fingerprint density at radius 2 is 2.24 bits per heavy atom. The third-order valence-corrected chi connectivity index (χ3v) is 2.20. The summed E-state index contributed by atoms with van der Waals surface area (Å²) in [5, 5.41) is 0. The minimum absolute atomic E-state index is 0.267. The van der Waals surface area contributed by atoms with E-state index in [0.29, 0.717) is 0 Å². The highest BCUT2D eigenvalue weighted by Crippen LogP contribution is 2.13. The summed E-state index contributed by atoms with van der Waals surface area (Å²) in [4.78, 5) is 18.9. The first-order chi connectivity index (χ1) is 8.16. The molecule has 88 valence electrons. The van der Waals surface area contributed by atoms with E-state index in [4.69, 9.17) is 0 Å². The van der Waals surface area contributed by atoms with Crippen LogP contribution in [0.2, 0.25) is 0 Å². The predicted molar refractivity (Wildman–Crippen MR) is 56.8 cm³/mol. The van der Waals surface area contributed by atoms with Crippen LogP contribution in [0, 0.1) is 0 Å². The van der Waals surface area contributed by atoms with Crippen LogP contribution >= 0.6 is 0 Å².